The fourth-order valence-electron chi connectivity index (χ4n) is 3.32. The van der Waals surface area contributed by atoms with Gasteiger partial charge in [0.25, 0.3) is 5.56 Å². The lowest BCUT2D eigenvalue weighted by Gasteiger charge is -2.21. The van der Waals surface area contributed by atoms with E-state index in [1.54, 1.807) is 18.2 Å². The zero-order valence-corrected chi connectivity index (χ0v) is 16.0. The van der Waals surface area contributed by atoms with Crippen LogP contribution in [0.25, 0.3) is 11.1 Å². The number of H-pyrrole nitrogens is 1. The summed E-state index contributed by atoms with van der Waals surface area (Å²) in [5, 5.41) is 19.1. The third-order valence-corrected chi connectivity index (χ3v) is 4.37. The van der Waals surface area contributed by atoms with Crippen LogP contribution in [0.5, 0.6) is 0 Å². The predicted octanol–water partition coefficient (Wildman–Crippen LogP) is 2.64. The average molecular weight is 387 g/mol. The van der Waals surface area contributed by atoms with Gasteiger partial charge in [-0.1, -0.05) is 32.0 Å². The van der Waals surface area contributed by atoms with Gasteiger partial charge in [-0.05, 0) is 43.1 Å². The standard InChI is InChI=1S/C20H25N3O5/c1-3-8-23(9-4-2)11-12-6-5-7-13(10-12)14-15(19(25)26)17(21)22-18(24)16(14)20(27)28/h5-7,10H,3-4,8-9,11H2,1-2H3,(H,25,26)(H,27,28)(H3,21,22,24). The predicted molar refractivity (Wildman–Crippen MR) is 107 cm³/mol. The van der Waals surface area contributed by atoms with E-state index in [1.807, 2.05) is 6.07 Å². The molecule has 0 amide bonds. The van der Waals surface area contributed by atoms with Gasteiger partial charge >= 0.3 is 11.9 Å². The van der Waals surface area contributed by atoms with Crippen LogP contribution >= 0.6 is 0 Å². The van der Waals surface area contributed by atoms with Crippen LogP contribution in [0.1, 0.15) is 53.0 Å². The number of rotatable bonds is 9. The molecule has 0 unspecified atom stereocenters. The van der Waals surface area contributed by atoms with Gasteiger partial charge in [0.15, 0.2) is 0 Å². The van der Waals surface area contributed by atoms with Crippen LogP contribution in [0.4, 0.5) is 5.82 Å². The van der Waals surface area contributed by atoms with Crippen molar-refractivity contribution in [3.05, 3.63) is 51.3 Å². The molecule has 0 saturated heterocycles. The third-order valence-electron chi connectivity index (χ3n) is 4.37. The van der Waals surface area contributed by atoms with Crippen molar-refractivity contribution in [2.45, 2.75) is 33.2 Å². The summed E-state index contributed by atoms with van der Waals surface area (Å²) in [7, 11) is 0. The Labute approximate surface area is 162 Å². The Morgan fingerprint density at radius 1 is 1.07 bits per heavy atom. The maximum Gasteiger partial charge on any atom is 0.342 e. The van der Waals surface area contributed by atoms with Crippen LogP contribution in [-0.2, 0) is 6.54 Å². The van der Waals surface area contributed by atoms with E-state index >= 15 is 0 Å². The number of pyridine rings is 1. The number of aromatic carboxylic acids is 2. The summed E-state index contributed by atoms with van der Waals surface area (Å²) in [4.78, 5) is 39.9. The largest absolute Gasteiger partial charge is 0.478 e. The molecule has 0 atom stereocenters. The van der Waals surface area contributed by atoms with Crippen LogP contribution in [0.3, 0.4) is 0 Å². The van der Waals surface area contributed by atoms with Gasteiger partial charge < -0.3 is 20.9 Å². The molecule has 0 aliphatic carbocycles. The summed E-state index contributed by atoms with van der Waals surface area (Å²) >= 11 is 0. The number of carboxylic acids is 2. The Bertz CT molecular complexity index is 930. The molecule has 8 heteroatoms. The first-order valence-electron chi connectivity index (χ1n) is 9.14. The van der Waals surface area contributed by atoms with Gasteiger partial charge in [-0.25, -0.2) is 9.59 Å². The number of carbonyl (C=O) groups is 2. The Balaban J connectivity index is 2.63. The summed E-state index contributed by atoms with van der Waals surface area (Å²) in [6, 6.07) is 6.90. The molecule has 0 radical (unpaired) electrons. The van der Waals surface area contributed by atoms with Crippen LogP contribution < -0.4 is 11.3 Å². The zero-order valence-electron chi connectivity index (χ0n) is 16.0. The molecule has 150 valence electrons. The highest BCUT2D eigenvalue weighted by Gasteiger charge is 2.26. The number of anilines is 1. The van der Waals surface area contributed by atoms with E-state index < -0.39 is 28.6 Å². The maximum atomic E-state index is 12.2. The summed E-state index contributed by atoms with van der Waals surface area (Å²) in [6.07, 6.45) is 1.99. The normalized spacial score (nSPS) is 11.0. The van der Waals surface area contributed by atoms with Crippen molar-refractivity contribution >= 4 is 17.8 Å². The third kappa shape index (κ3) is 4.58. The van der Waals surface area contributed by atoms with E-state index in [4.69, 9.17) is 5.73 Å². The summed E-state index contributed by atoms with van der Waals surface area (Å²) in [5.74, 6) is -3.29. The highest BCUT2D eigenvalue weighted by molar-refractivity contribution is 6.07. The van der Waals surface area contributed by atoms with E-state index in [1.165, 1.54) is 0 Å². The molecule has 0 saturated carbocycles. The number of hydrogen-bond donors (Lipinski definition) is 4. The van der Waals surface area contributed by atoms with Crippen molar-refractivity contribution in [1.82, 2.24) is 9.88 Å². The second kappa shape index (κ2) is 9.18. The molecule has 8 nitrogen and oxygen atoms in total. The van der Waals surface area contributed by atoms with Gasteiger partial charge in [-0.15, -0.1) is 0 Å². The lowest BCUT2D eigenvalue weighted by molar-refractivity contribution is 0.0695. The number of carboxylic acid groups (broad SMARTS) is 2. The van der Waals surface area contributed by atoms with E-state index in [0.717, 1.165) is 31.5 Å². The fraction of sp³-hybridized carbons (Fsp3) is 0.350. The Morgan fingerprint density at radius 2 is 1.68 bits per heavy atom. The second-order valence-electron chi connectivity index (χ2n) is 6.58. The lowest BCUT2D eigenvalue weighted by Crippen LogP contribution is -2.25. The van der Waals surface area contributed by atoms with Crippen LogP contribution in [0.15, 0.2) is 29.1 Å². The number of nitrogens with one attached hydrogen (secondary N) is 1. The number of nitrogens with zero attached hydrogens (tertiary/aromatic N) is 1. The van der Waals surface area contributed by atoms with Gasteiger partial charge in [0.2, 0.25) is 0 Å². The highest BCUT2D eigenvalue weighted by Crippen LogP contribution is 2.30. The smallest absolute Gasteiger partial charge is 0.342 e. The van der Waals surface area contributed by atoms with Crippen molar-refractivity contribution in [2.75, 3.05) is 18.8 Å². The first-order valence-corrected chi connectivity index (χ1v) is 9.14. The SMILES string of the molecule is CCCN(CCC)Cc1cccc(-c2c(C(=O)O)c(N)[nH]c(=O)c2C(=O)O)c1. The van der Waals surface area contributed by atoms with Gasteiger partial charge in [0.05, 0.1) is 0 Å². The topological polar surface area (TPSA) is 137 Å². The van der Waals surface area contributed by atoms with Crippen molar-refractivity contribution in [3.63, 3.8) is 0 Å². The van der Waals surface area contributed by atoms with Crippen molar-refractivity contribution in [2.24, 2.45) is 0 Å². The molecular formula is C20H25N3O5. The van der Waals surface area contributed by atoms with E-state index in [0.29, 0.717) is 12.1 Å². The van der Waals surface area contributed by atoms with Crippen molar-refractivity contribution < 1.29 is 19.8 Å². The zero-order chi connectivity index (χ0) is 20.8. The minimum absolute atomic E-state index is 0.180. The molecule has 28 heavy (non-hydrogen) atoms. The lowest BCUT2D eigenvalue weighted by atomic mass is 9.94. The molecule has 2 rings (SSSR count). The molecule has 0 aliphatic rings. The first kappa shape index (κ1) is 21.2. The van der Waals surface area contributed by atoms with Gasteiger partial charge in [0, 0.05) is 12.1 Å². The molecule has 0 bridgehead atoms. The first-order chi connectivity index (χ1) is 13.3. The molecule has 1 aromatic carbocycles. The van der Waals surface area contributed by atoms with E-state index in [9.17, 15) is 24.6 Å². The summed E-state index contributed by atoms with van der Waals surface area (Å²) in [6.45, 7) is 6.65. The average Bonchev–Trinajstić information content (AvgIpc) is 2.61. The van der Waals surface area contributed by atoms with Crippen LogP contribution in [0.2, 0.25) is 0 Å². The minimum atomic E-state index is -1.51. The van der Waals surface area contributed by atoms with Crippen LogP contribution in [0, 0.1) is 0 Å². The number of aromatic amines is 1. The molecule has 1 aromatic heterocycles. The molecule has 0 aliphatic heterocycles. The van der Waals surface area contributed by atoms with Crippen molar-refractivity contribution in [3.8, 4) is 11.1 Å². The van der Waals surface area contributed by atoms with Gasteiger partial charge in [-0.3, -0.25) is 9.69 Å². The number of nitrogens with two attached hydrogens (primary N) is 1. The second-order valence-corrected chi connectivity index (χ2v) is 6.58. The fourth-order valence-corrected chi connectivity index (χ4v) is 3.32. The van der Waals surface area contributed by atoms with Crippen LogP contribution in [-0.4, -0.2) is 45.1 Å². The molecule has 0 fully saturated rings. The van der Waals surface area contributed by atoms with Crippen molar-refractivity contribution in [1.29, 1.82) is 0 Å². The maximum absolute atomic E-state index is 12.2. The Morgan fingerprint density at radius 3 is 2.21 bits per heavy atom. The summed E-state index contributed by atoms with van der Waals surface area (Å²) in [5.41, 5.74) is 4.74. The quantitative estimate of drug-likeness (QED) is 0.519. The molecule has 1 heterocycles. The Hall–Kier alpha value is -3.13. The highest BCUT2D eigenvalue weighted by atomic mass is 16.4. The molecule has 0 spiro atoms. The number of aromatic nitrogens is 1. The number of benzene rings is 1. The molecule has 5 N–H and O–H groups in total. The Kier molecular flexibility index (Phi) is 6.94. The molecular weight excluding hydrogens is 362 g/mol. The van der Waals surface area contributed by atoms with Gasteiger partial charge in [-0.2, -0.15) is 0 Å². The number of hydrogen-bond acceptors (Lipinski definition) is 5. The minimum Gasteiger partial charge on any atom is -0.478 e. The van der Waals surface area contributed by atoms with E-state index in [-0.39, 0.29) is 11.4 Å². The summed E-state index contributed by atoms with van der Waals surface area (Å²) < 4.78 is 0. The number of nitrogen functional groups attached to an aromatic ring is 1. The molecule has 2 aromatic rings. The van der Waals surface area contributed by atoms with Gasteiger partial charge in [0.1, 0.15) is 16.9 Å². The van der Waals surface area contributed by atoms with E-state index in [2.05, 4.69) is 23.7 Å². The monoisotopic (exact) mass is 387 g/mol.